The Kier molecular flexibility index (Phi) is 5.51. The average Bonchev–Trinajstić information content (AvgIpc) is 2.96. The summed E-state index contributed by atoms with van der Waals surface area (Å²) in [6, 6.07) is 0.573. The van der Waals surface area contributed by atoms with Crippen LogP contribution in [0.3, 0.4) is 0 Å². The van der Waals surface area contributed by atoms with Crippen molar-refractivity contribution in [2.24, 2.45) is 17.3 Å². The van der Waals surface area contributed by atoms with E-state index in [2.05, 4.69) is 0 Å². The molecule has 8 heteroatoms. The number of carbonyl (C=O) groups excluding carboxylic acids is 1. The number of esters is 1. The van der Waals surface area contributed by atoms with E-state index in [-0.39, 0.29) is 31.4 Å². The van der Waals surface area contributed by atoms with Gasteiger partial charge in [0.15, 0.2) is 0 Å². The first-order chi connectivity index (χ1) is 10.6. The van der Waals surface area contributed by atoms with E-state index in [1.165, 1.54) is 0 Å². The van der Waals surface area contributed by atoms with Gasteiger partial charge in [-0.3, -0.25) is 4.79 Å². The zero-order valence-corrected chi connectivity index (χ0v) is 15.1. The summed E-state index contributed by atoms with van der Waals surface area (Å²) in [6.07, 6.45) is 1.57. The molecule has 0 amide bonds. The molecular weight excluding hydrogens is 392 g/mol. The van der Waals surface area contributed by atoms with Crippen molar-refractivity contribution in [1.29, 1.82) is 0 Å². The number of hydrogen-bond donors (Lipinski definition) is 0. The summed E-state index contributed by atoms with van der Waals surface area (Å²) in [4.78, 5) is 12.2. The smallest absolute Gasteiger partial charge is 0.310 e. The Hall–Kier alpha value is -0.550. The van der Waals surface area contributed by atoms with Gasteiger partial charge < -0.3 is 4.74 Å². The van der Waals surface area contributed by atoms with Crippen molar-refractivity contribution in [1.82, 2.24) is 0 Å². The van der Waals surface area contributed by atoms with Gasteiger partial charge in [-0.2, -0.15) is 0 Å². The largest absolute Gasteiger partial charge is 0.460 e. The van der Waals surface area contributed by atoms with Gasteiger partial charge in [0.1, 0.15) is 22.7 Å². The molecule has 0 heterocycles. The van der Waals surface area contributed by atoms with Gasteiger partial charge in [0.05, 0.1) is 16.0 Å². The Morgan fingerprint density at radius 1 is 1.26 bits per heavy atom. The van der Waals surface area contributed by atoms with Crippen LogP contribution in [0.5, 0.6) is 0 Å². The maximum atomic E-state index is 13.4. The fourth-order valence-electron chi connectivity index (χ4n) is 2.56. The van der Waals surface area contributed by atoms with E-state index in [0.717, 1.165) is 0 Å². The second kappa shape index (κ2) is 6.75. The van der Waals surface area contributed by atoms with Crippen LogP contribution in [0.1, 0.15) is 19.4 Å². The van der Waals surface area contributed by atoms with Gasteiger partial charge in [-0.05, 0) is 17.4 Å². The Bertz CT molecular complexity index is 658. The summed E-state index contributed by atoms with van der Waals surface area (Å²) in [5.74, 6) is -3.11. The molecule has 0 spiro atoms. The van der Waals surface area contributed by atoms with Crippen molar-refractivity contribution in [2.75, 3.05) is 0 Å². The minimum atomic E-state index is -0.971. The fourth-order valence-corrected chi connectivity index (χ4v) is 3.28. The third kappa shape index (κ3) is 3.76. The van der Waals surface area contributed by atoms with E-state index < -0.39 is 30.1 Å². The number of allylic oxidation sites excluding steroid dienone is 1. The first-order valence-corrected chi connectivity index (χ1v) is 8.09. The van der Waals surface area contributed by atoms with Gasteiger partial charge in [-0.15, -0.1) is 0 Å². The minimum Gasteiger partial charge on any atom is -0.460 e. The van der Waals surface area contributed by atoms with Gasteiger partial charge in [0, 0.05) is 11.6 Å². The Morgan fingerprint density at radius 3 is 2.26 bits per heavy atom. The summed E-state index contributed by atoms with van der Waals surface area (Å²) >= 11 is 22.7. The molecule has 1 aromatic rings. The molecule has 1 aliphatic rings. The topological polar surface area (TPSA) is 26.3 Å². The van der Waals surface area contributed by atoms with Crippen molar-refractivity contribution in [3.63, 3.8) is 0 Å². The molecule has 2 rings (SSSR count). The summed E-state index contributed by atoms with van der Waals surface area (Å²) in [5, 5.41) is -0.751. The van der Waals surface area contributed by atoms with Crippen LogP contribution in [0.4, 0.5) is 8.78 Å². The summed E-state index contributed by atoms with van der Waals surface area (Å²) < 4.78 is 32.1. The van der Waals surface area contributed by atoms with Crippen LogP contribution in [-0.2, 0) is 16.1 Å². The van der Waals surface area contributed by atoms with Gasteiger partial charge in [0.25, 0.3) is 0 Å². The van der Waals surface area contributed by atoms with Crippen LogP contribution in [0, 0.1) is 28.9 Å². The van der Waals surface area contributed by atoms with Crippen LogP contribution >= 0.6 is 46.4 Å². The third-order valence-corrected chi connectivity index (χ3v) is 5.10. The van der Waals surface area contributed by atoms with Gasteiger partial charge in [-0.25, -0.2) is 8.78 Å². The van der Waals surface area contributed by atoms with Crippen molar-refractivity contribution in [3.8, 4) is 0 Å². The van der Waals surface area contributed by atoms with Crippen LogP contribution in [0.2, 0.25) is 10.0 Å². The van der Waals surface area contributed by atoms with Crippen molar-refractivity contribution >= 4 is 52.4 Å². The highest BCUT2D eigenvalue weighted by Crippen LogP contribution is 2.60. The lowest BCUT2D eigenvalue weighted by Crippen LogP contribution is -2.11. The summed E-state index contributed by atoms with van der Waals surface area (Å²) in [6.45, 7) is 3.29. The molecule has 0 bridgehead atoms. The van der Waals surface area contributed by atoms with Crippen LogP contribution in [-0.4, -0.2) is 5.97 Å². The average molecular weight is 404 g/mol. The molecule has 0 aliphatic heterocycles. The maximum Gasteiger partial charge on any atom is 0.310 e. The molecule has 1 fully saturated rings. The summed E-state index contributed by atoms with van der Waals surface area (Å²) in [5.41, 5.74) is -0.479. The highest BCUT2D eigenvalue weighted by molar-refractivity contribution is 6.55. The summed E-state index contributed by atoms with van der Waals surface area (Å²) in [7, 11) is 0. The van der Waals surface area contributed by atoms with Crippen LogP contribution in [0.15, 0.2) is 16.6 Å². The predicted molar refractivity (Wildman–Crippen MR) is 86.7 cm³/mol. The molecular formula is C15H12Cl4F2O2. The van der Waals surface area contributed by atoms with Gasteiger partial charge in [0.2, 0.25) is 0 Å². The molecule has 0 unspecified atom stereocenters. The number of rotatable bonds is 4. The second-order valence-electron chi connectivity index (χ2n) is 5.84. The highest BCUT2D eigenvalue weighted by atomic mass is 35.5. The predicted octanol–water partition coefficient (Wildman–Crippen LogP) is 5.91. The third-order valence-electron chi connectivity index (χ3n) is 4.03. The van der Waals surface area contributed by atoms with Crippen molar-refractivity contribution in [3.05, 3.63) is 43.9 Å². The highest BCUT2D eigenvalue weighted by Gasteiger charge is 2.61. The monoisotopic (exact) mass is 402 g/mol. The Morgan fingerprint density at radius 2 is 1.78 bits per heavy atom. The number of carbonyl (C=O) groups is 1. The molecule has 0 radical (unpaired) electrons. The molecule has 126 valence electrons. The van der Waals surface area contributed by atoms with E-state index in [1.807, 2.05) is 13.8 Å². The van der Waals surface area contributed by atoms with Crippen molar-refractivity contribution in [2.45, 2.75) is 20.5 Å². The maximum absolute atomic E-state index is 13.4. The molecule has 2 atom stereocenters. The number of ether oxygens (including phenoxy) is 1. The lowest BCUT2D eigenvalue weighted by molar-refractivity contribution is -0.147. The molecule has 23 heavy (non-hydrogen) atoms. The number of benzene rings is 1. The van der Waals surface area contributed by atoms with Gasteiger partial charge in [-0.1, -0.05) is 60.3 Å². The van der Waals surface area contributed by atoms with E-state index in [4.69, 9.17) is 51.1 Å². The van der Waals surface area contributed by atoms with Gasteiger partial charge >= 0.3 is 5.97 Å². The Balaban J connectivity index is 2.11. The molecule has 1 aromatic carbocycles. The first-order valence-electron chi connectivity index (χ1n) is 6.58. The standard InChI is InChI=1S/C15H12Cl4F2O2/c1-15(2)7(3-10(16)17)11(15)14(22)23-5-6-12(18)8(20)4-9(21)13(6)19/h3-4,7,11H,5H2,1-2H3/t7-,11+/m0/s1. The number of hydrogen-bond acceptors (Lipinski definition) is 2. The Labute approximate surface area is 152 Å². The molecule has 0 saturated heterocycles. The SMILES string of the molecule is CC1(C)[C@@H](C=C(Cl)Cl)[C@@H]1C(=O)OCc1c(Cl)c(F)cc(F)c1Cl. The molecule has 1 aliphatic carbocycles. The molecule has 0 N–H and O–H groups in total. The van der Waals surface area contributed by atoms with E-state index >= 15 is 0 Å². The van der Waals surface area contributed by atoms with E-state index in [9.17, 15) is 13.6 Å². The van der Waals surface area contributed by atoms with Crippen LogP contribution < -0.4 is 0 Å². The lowest BCUT2D eigenvalue weighted by Gasteiger charge is -2.10. The fraction of sp³-hybridized carbons (Fsp3) is 0.400. The minimum absolute atomic E-state index is 0.0664. The first kappa shape index (κ1) is 18.8. The number of halogens is 6. The molecule has 1 saturated carbocycles. The normalized spacial score (nSPS) is 21.7. The van der Waals surface area contributed by atoms with E-state index in [1.54, 1.807) is 6.08 Å². The van der Waals surface area contributed by atoms with Crippen LogP contribution in [0.25, 0.3) is 0 Å². The molecule has 2 nitrogen and oxygen atoms in total. The molecule has 0 aromatic heterocycles. The van der Waals surface area contributed by atoms with Crippen molar-refractivity contribution < 1.29 is 18.3 Å². The second-order valence-corrected chi connectivity index (χ2v) is 7.60. The van der Waals surface area contributed by atoms with E-state index in [0.29, 0.717) is 6.07 Å². The quantitative estimate of drug-likeness (QED) is 0.461. The zero-order valence-electron chi connectivity index (χ0n) is 12.1. The lowest BCUT2D eigenvalue weighted by atomic mass is 10.1. The zero-order chi connectivity index (χ0) is 17.5.